The summed E-state index contributed by atoms with van der Waals surface area (Å²) in [6, 6.07) is 13.0. The quantitative estimate of drug-likeness (QED) is 0.444. The number of ketones is 1. The molecule has 4 heteroatoms. The van der Waals surface area contributed by atoms with Gasteiger partial charge in [-0.2, -0.15) is 0 Å². The van der Waals surface area contributed by atoms with E-state index in [9.17, 15) is 9.18 Å². The van der Waals surface area contributed by atoms with E-state index in [1.165, 1.54) is 24.3 Å². The molecule has 0 amide bonds. The number of carbonyl (C=O) groups is 1. The van der Waals surface area contributed by atoms with Gasteiger partial charge in [0.05, 0.1) is 6.61 Å². The monoisotopic (exact) mass is 300 g/mol. The van der Waals surface area contributed by atoms with Crippen LogP contribution in [0.5, 0.6) is 5.75 Å². The molecular formula is C18H17FO3. The number of hydrogen-bond acceptors (Lipinski definition) is 3. The van der Waals surface area contributed by atoms with Gasteiger partial charge in [-0.05, 0) is 35.9 Å². The van der Waals surface area contributed by atoms with Gasteiger partial charge in [0.1, 0.15) is 18.2 Å². The molecule has 22 heavy (non-hydrogen) atoms. The molecule has 0 N–H and O–H groups in total. The van der Waals surface area contributed by atoms with Crippen LogP contribution in [0.2, 0.25) is 0 Å². The molecule has 0 aliphatic heterocycles. The predicted molar refractivity (Wildman–Crippen MR) is 83.6 cm³/mol. The fourth-order valence-corrected chi connectivity index (χ4v) is 1.86. The standard InChI is InChI=1S/C18H17FO3/c1-21-10-11-22-17-7-2-4-14(12-17)8-9-18(20)15-5-3-6-16(19)13-15/h2-9,12-13H,10-11H2,1H3/b9-8+. The minimum Gasteiger partial charge on any atom is -0.491 e. The van der Waals surface area contributed by atoms with Crippen molar-refractivity contribution in [2.24, 2.45) is 0 Å². The highest BCUT2D eigenvalue weighted by atomic mass is 19.1. The number of allylic oxidation sites excluding steroid dienone is 1. The van der Waals surface area contributed by atoms with Crippen LogP contribution in [0.15, 0.2) is 54.6 Å². The molecule has 114 valence electrons. The molecule has 0 atom stereocenters. The van der Waals surface area contributed by atoms with Gasteiger partial charge >= 0.3 is 0 Å². The highest BCUT2D eigenvalue weighted by Crippen LogP contribution is 2.15. The number of ether oxygens (including phenoxy) is 2. The Morgan fingerprint density at radius 2 is 1.95 bits per heavy atom. The van der Waals surface area contributed by atoms with Crippen LogP contribution < -0.4 is 4.74 Å². The second kappa shape index (κ2) is 8.10. The lowest BCUT2D eigenvalue weighted by atomic mass is 10.1. The van der Waals surface area contributed by atoms with E-state index in [-0.39, 0.29) is 5.78 Å². The van der Waals surface area contributed by atoms with Crippen LogP contribution in [-0.2, 0) is 4.74 Å². The Hall–Kier alpha value is -2.46. The second-order valence-corrected chi connectivity index (χ2v) is 4.62. The van der Waals surface area contributed by atoms with Crippen LogP contribution in [0.25, 0.3) is 6.08 Å². The Labute approximate surface area is 129 Å². The molecule has 2 rings (SSSR count). The average Bonchev–Trinajstić information content (AvgIpc) is 2.53. The zero-order chi connectivity index (χ0) is 15.8. The summed E-state index contributed by atoms with van der Waals surface area (Å²) in [5.74, 6) is 0.0374. The molecule has 2 aromatic carbocycles. The zero-order valence-corrected chi connectivity index (χ0v) is 12.3. The van der Waals surface area contributed by atoms with Gasteiger partial charge in [-0.1, -0.05) is 30.3 Å². The maximum Gasteiger partial charge on any atom is 0.185 e. The maximum absolute atomic E-state index is 13.1. The molecule has 0 radical (unpaired) electrons. The van der Waals surface area contributed by atoms with Gasteiger partial charge in [-0.25, -0.2) is 4.39 Å². The Kier molecular flexibility index (Phi) is 5.86. The zero-order valence-electron chi connectivity index (χ0n) is 12.3. The molecule has 0 aliphatic carbocycles. The average molecular weight is 300 g/mol. The van der Waals surface area contributed by atoms with E-state index in [4.69, 9.17) is 9.47 Å². The van der Waals surface area contributed by atoms with Crippen molar-refractivity contribution >= 4 is 11.9 Å². The molecule has 0 aromatic heterocycles. The number of hydrogen-bond donors (Lipinski definition) is 0. The summed E-state index contributed by atoms with van der Waals surface area (Å²) in [5.41, 5.74) is 1.16. The van der Waals surface area contributed by atoms with E-state index in [1.807, 2.05) is 24.3 Å². The SMILES string of the molecule is COCCOc1cccc(/C=C/C(=O)c2cccc(F)c2)c1. The minimum atomic E-state index is -0.423. The number of rotatable bonds is 7. The molecular weight excluding hydrogens is 283 g/mol. The maximum atomic E-state index is 13.1. The fraction of sp³-hybridized carbons (Fsp3) is 0.167. The van der Waals surface area contributed by atoms with Crippen LogP contribution >= 0.6 is 0 Å². The van der Waals surface area contributed by atoms with Gasteiger partial charge in [-0.3, -0.25) is 4.79 Å². The Bertz CT molecular complexity index is 665. The van der Waals surface area contributed by atoms with Gasteiger partial charge in [0.2, 0.25) is 0 Å². The predicted octanol–water partition coefficient (Wildman–Crippen LogP) is 3.75. The lowest BCUT2D eigenvalue weighted by molar-refractivity contribution is 0.104. The highest BCUT2D eigenvalue weighted by Gasteiger charge is 2.02. The first-order chi connectivity index (χ1) is 10.7. The first-order valence-corrected chi connectivity index (χ1v) is 6.89. The number of halogens is 1. The summed E-state index contributed by atoms with van der Waals surface area (Å²) in [6.45, 7) is 0.976. The highest BCUT2D eigenvalue weighted by molar-refractivity contribution is 6.06. The molecule has 0 fully saturated rings. The number of carbonyl (C=O) groups excluding carboxylic acids is 1. The van der Waals surface area contributed by atoms with Crippen molar-refractivity contribution in [3.05, 3.63) is 71.6 Å². The van der Waals surface area contributed by atoms with Crippen LogP contribution in [-0.4, -0.2) is 26.1 Å². The van der Waals surface area contributed by atoms with Crippen molar-refractivity contribution in [2.75, 3.05) is 20.3 Å². The van der Waals surface area contributed by atoms with Crippen molar-refractivity contribution in [3.8, 4) is 5.75 Å². The molecule has 0 saturated heterocycles. The molecule has 2 aromatic rings. The summed E-state index contributed by atoms with van der Waals surface area (Å²) >= 11 is 0. The van der Waals surface area contributed by atoms with E-state index in [0.29, 0.717) is 24.5 Å². The first-order valence-electron chi connectivity index (χ1n) is 6.89. The van der Waals surface area contributed by atoms with Crippen molar-refractivity contribution in [1.29, 1.82) is 0 Å². The van der Waals surface area contributed by atoms with Crippen LogP contribution in [0.1, 0.15) is 15.9 Å². The Morgan fingerprint density at radius 3 is 2.73 bits per heavy atom. The van der Waals surface area contributed by atoms with E-state index < -0.39 is 5.82 Å². The summed E-state index contributed by atoms with van der Waals surface area (Å²) in [5, 5.41) is 0. The lowest BCUT2D eigenvalue weighted by Crippen LogP contribution is -2.04. The molecule has 0 saturated carbocycles. The summed E-state index contributed by atoms with van der Waals surface area (Å²) in [6.07, 6.45) is 3.10. The van der Waals surface area contributed by atoms with Crippen LogP contribution in [0, 0.1) is 5.82 Å². The molecule has 0 heterocycles. The van der Waals surface area contributed by atoms with Crippen LogP contribution in [0.4, 0.5) is 4.39 Å². The smallest absolute Gasteiger partial charge is 0.185 e. The van der Waals surface area contributed by atoms with Crippen molar-refractivity contribution in [1.82, 2.24) is 0 Å². The Balaban J connectivity index is 2.03. The first kappa shape index (κ1) is 15.9. The van der Waals surface area contributed by atoms with Gasteiger partial charge in [0.15, 0.2) is 5.78 Å². The van der Waals surface area contributed by atoms with Crippen molar-refractivity contribution < 1.29 is 18.7 Å². The van der Waals surface area contributed by atoms with E-state index >= 15 is 0 Å². The van der Waals surface area contributed by atoms with Crippen LogP contribution in [0.3, 0.4) is 0 Å². The number of methoxy groups -OCH3 is 1. The fourth-order valence-electron chi connectivity index (χ4n) is 1.86. The van der Waals surface area contributed by atoms with Gasteiger partial charge in [0, 0.05) is 12.7 Å². The molecule has 0 unspecified atom stereocenters. The third kappa shape index (κ3) is 4.82. The molecule has 0 aliphatic rings. The van der Waals surface area contributed by atoms with Crippen molar-refractivity contribution in [2.45, 2.75) is 0 Å². The third-order valence-corrected chi connectivity index (χ3v) is 2.95. The normalized spacial score (nSPS) is 10.8. The largest absolute Gasteiger partial charge is 0.491 e. The van der Waals surface area contributed by atoms with Gasteiger partial charge in [0.25, 0.3) is 0 Å². The summed E-state index contributed by atoms with van der Waals surface area (Å²) < 4.78 is 23.5. The topological polar surface area (TPSA) is 35.5 Å². The minimum absolute atomic E-state index is 0.245. The summed E-state index contributed by atoms with van der Waals surface area (Å²) in [7, 11) is 1.61. The van der Waals surface area contributed by atoms with E-state index in [1.54, 1.807) is 19.3 Å². The second-order valence-electron chi connectivity index (χ2n) is 4.62. The lowest BCUT2D eigenvalue weighted by Gasteiger charge is -2.05. The van der Waals surface area contributed by atoms with Gasteiger partial charge in [-0.15, -0.1) is 0 Å². The van der Waals surface area contributed by atoms with Gasteiger partial charge < -0.3 is 9.47 Å². The number of benzene rings is 2. The molecule has 3 nitrogen and oxygen atoms in total. The van der Waals surface area contributed by atoms with Crippen molar-refractivity contribution in [3.63, 3.8) is 0 Å². The van der Waals surface area contributed by atoms with E-state index in [0.717, 1.165) is 5.56 Å². The Morgan fingerprint density at radius 1 is 1.14 bits per heavy atom. The summed E-state index contributed by atoms with van der Waals surface area (Å²) in [4.78, 5) is 12.0. The molecule has 0 bridgehead atoms. The van der Waals surface area contributed by atoms with E-state index in [2.05, 4.69) is 0 Å². The molecule has 0 spiro atoms. The third-order valence-electron chi connectivity index (χ3n) is 2.95.